The lowest BCUT2D eigenvalue weighted by Crippen LogP contribution is -2.49. The summed E-state index contributed by atoms with van der Waals surface area (Å²) in [6, 6.07) is 9.17. The molecule has 3 rings (SSSR count). The van der Waals surface area contributed by atoms with E-state index < -0.39 is 5.60 Å². The number of hydrogen-bond donors (Lipinski definition) is 1. The van der Waals surface area contributed by atoms with Gasteiger partial charge in [-0.3, -0.25) is 9.59 Å². The van der Waals surface area contributed by atoms with Gasteiger partial charge in [-0.15, -0.1) is 0 Å². The van der Waals surface area contributed by atoms with Crippen LogP contribution in [0.4, 0.5) is 0 Å². The van der Waals surface area contributed by atoms with Gasteiger partial charge in [0.2, 0.25) is 0 Å². The summed E-state index contributed by atoms with van der Waals surface area (Å²) >= 11 is 0. The van der Waals surface area contributed by atoms with Crippen LogP contribution in [0.2, 0.25) is 0 Å². The number of fused-ring (bicyclic) bond motifs is 1. The van der Waals surface area contributed by atoms with Crippen LogP contribution >= 0.6 is 0 Å². The summed E-state index contributed by atoms with van der Waals surface area (Å²) in [4.78, 5) is 28.1. The number of aromatic hydroxyl groups is 1. The van der Waals surface area contributed by atoms with E-state index in [4.69, 9.17) is 14.2 Å². The van der Waals surface area contributed by atoms with Gasteiger partial charge in [0.25, 0.3) is 5.91 Å². The number of methoxy groups -OCH3 is 1. The Morgan fingerprint density at radius 1 is 1.02 bits per heavy atom. The fourth-order valence-electron chi connectivity index (χ4n) is 5.25. The summed E-state index contributed by atoms with van der Waals surface area (Å²) in [5.74, 6) is 1.20. The number of benzene rings is 2. The number of ketones is 1. The Balaban J connectivity index is 1.48. The number of nitrogens with zero attached hydrogens (tertiary/aromatic N) is 2. The summed E-state index contributed by atoms with van der Waals surface area (Å²) in [6.07, 6.45) is 12.9. The van der Waals surface area contributed by atoms with Crippen LogP contribution in [0.15, 0.2) is 42.5 Å². The third-order valence-electron chi connectivity index (χ3n) is 7.97. The van der Waals surface area contributed by atoms with Crippen LogP contribution in [0.3, 0.4) is 0 Å². The number of likely N-dealkylation sites (N-methyl/N-ethyl adjacent to an activating group) is 1. The number of ether oxygens (including phenoxy) is 3. The Morgan fingerprint density at radius 3 is 2.31 bits per heavy atom. The number of phenols is 1. The minimum absolute atomic E-state index is 0.0943. The Hall–Kier alpha value is -3.78. The summed E-state index contributed by atoms with van der Waals surface area (Å²) in [6.45, 7) is 11.9. The molecule has 0 unspecified atom stereocenters. The topological polar surface area (TPSA) is 85.3 Å². The van der Waals surface area contributed by atoms with Gasteiger partial charge in [-0.1, -0.05) is 44.9 Å². The molecule has 0 saturated heterocycles. The monoisotopic (exact) mass is 621 g/mol. The molecule has 1 aliphatic rings. The maximum atomic E-state index is 13.1. The van der Waals surface area contributed by atoms with Crippen LogP contribution in [-0.2, 0) is 4.79 Å². The summed E-state index contributed by atoms with van der Waals surface area (Å²) < 4.78 is 18.0. The standard InChI is InChI=1S/C37H52N2O6/c1-8-10-22-38(23-11-9-2)34(41)27-39(5,6)24-12-13-25-44-29-17-14-28(15-18-29)16-19-31(40)35-33(43-7)26-32-30(36(35)42)20-21-37(3,4)45-32/h14-21,26H,8-13,22-25,27H2,1-7H3/p+1/b19-16+. The van der Waals surface area contributed by atoms with Crippen molar-refractivity contribution < 1.29 is 33.4 Å². The molecule has 0 fully saturated rings. The minimum atomic E-state index is -0.520. The first-order chi connectivity index (χ1) is 21.4. The molecule has 0 atom stereocenters. The van der Waals surface area contributed by atoms with Gasteiger partial charge >= 0.3 is 0 Å². The van der Waals surface area contributed by atoms with Crippen molar-refractivity contribution in [1.82, 2.24) is 4.90 Å². The van der Waals surface area contributed by atoms with Crippen LogP contribution in [0, 0.1) is 0 Å². The lowest BCUT2D eigenvalue weighted by molar-refractivity contribution is -0.883. The van der Waals surface area contributed by atoms with Gasteiger partial charge in [0.1, 0.15) is 34.2 Å². The zero-order chi connectivity index (χ0) is 33.0. The SMILES string of the molecule is CCCCN(CCCC)C(=O)C[N+](C)(C)CCCCOc1ccc(/C=C/C(=O)c2c(OC)cc3c(c2O)C=CC(C)(C)O3)cc1. The summed E-state index contributed by atoms with van der Waals surface area (Å²) in [5, 5.41) is 10.9. The highest BCUT2D eigenvalue weighted by Crippen LogP contribution is 2.43. The van der Waals surface area contributed by atoms with E-state index in [9.17, 15) is 14.7 Å². The molecule has 0 spiro atoms. The lowest BCUT2D eigenvalue weighted by Gasteiger charge is -2.32. The molecular formula is C37H53N2O6+. The molecule has 2 aromatic rings. The first-order valence-corrected chi connectivity index (χ1v) is 16.3. The van der Waals surface area contributed by atoms with E-state index in [2.05, 4.69) is 27.9 Å². The summed E-state index contributed by atoms with van der Waals surface area (Å²) in [5.41, 5.74) is 0.860. The van der Waals surface area contributed by atoms with Crippen molar-refractivity contribution in [2.45, 2.75) is 71.8 Å². The predicted octanol–water partition coefficient (Wildman–Crippen LogP) is 7.15. The maximum Gasteiger partial charge on any atom is 0.277 e. The maximum absolute atomic E-state index is 13.1. The van der Waals surface area contributed by atoms with Gasteiger partial charge in [-0.25, -0.2) is 0 Å². The molecule has 2 aromatic carbocycles. The quantitative estimate of drug-likeness (QED) is 0.0824. The van der Waals surface area contributed by atoms with Gasteiger partial charge in [0, 0.05) is 19.2 Å². The molecule has 0 bridgehead atoms. The first kappa shape index (κ1) is 35.7. The highest BCUT2D eigenvalue weighted by molar-refractivity contribution is 6.11. The minimum Gasteiger partial charge on any atom is -0.506 e. The molecular weight excluding hydrogens is 568 g/mol. The van der Waals surface area contributed by atoms with E-state index in [0.29, 0.717) is 28.9 Å². The molecule has 1 aliphatic heterocycles. The number of unbranched alkanes of at least 4 members (excludes halogenated alkanes) is 3. The van der Waals surface area contributed by atoms with Gasteiger partial charge in [0.05, 0.1) is 39.9 Å². The van der Waals surface area contributed by atoms with Crippen LogP contribution in [0.5, 0.6) is 23.0 Å². The summed E-state index contributed by atoms with van der Waals surface area (Å²) in [7, 11) is 5.72. The Morgan fingerprint density at radius 2 is 1.69 bits per heavy atom. The Kier molecular flexibility index (Phi) is 13.1. The van der Waals surface area contributed by atoms with Crippen molar-refractivity contribution in [3.63, 3.8) is 0 Å². The normalized spacial score (nSPS) is 13.8. The molecule has 1 N–H and O–H groups in total. The predicted molar refractivity (Wildman–Crippen MR) is 181 cm³/mol. The van der Waals surface area contributed by atoms with Gasteiger partial charge in [-0.05, 0) is 75.5 Å². The molecule has 0 aromatic heterocycles. The van der Waals surface area contributed by atoms with E-state index in [0.717, 1.165) is 69.5 Å². The van der Waals surface area contributed by atoms with Crippen LogP contribution in [-0.4, -0.2) is 85.8 Å². The number of carbonyl (C=O) groups excluding carboxylic acids is 2. The van der Waals surface area contributed by atoms with E-state index in [1.807, 2.05) is 49.1 Å². The second kappa shape index (κ2) is 16.5. The average Bonchev–Trinajstić information content (AvgIpc) is 2.99. The number of amides is 1. The zero-order valence-electron chi connectivity index (χ0n) is 28.4. The molecule has 0 saturated carbocycles. The van der Waals surface area contributed by atoms with Crippen molar-refractivity contribution in [2.75, 3.05) is 54.0 Å². The molecule has 0 aliphatic carbocycles. The molecule has 1 amide bonds. The van der Waals surface area contributed by atoms with Crippen molar-refractivity contribution in [3.05, 3.63) is 59.2 Å². The molecule has 1 heterocycles. The molecule has 246 valence electrons. The van der Waals surface area contributed by atoms with Gasteiger partial charge in [0.15, 0.2) is 12.3 Å². The average molecular weight is 622 g/mol. The van der Waals surface area contributed by atoms with Gasteiger partial charge in [-0.2, -0.15) is 0 Å². The number of allylic oxidation sites excluding steroid dienone is 1. The molecule has 8 nitrogen and oxygen atoms in total. The van der Waals surface area contributed by atoms with Crippen molar-refractivity contribution in [3.8, 4) is 23.0 Å². The van der Waals surface area contributed by atoms with Crippen molar-refractivity contribution in [2.24, 2.45) is 0 Å². The number of quaternary nitrogens is 1. The third-order valence-corrected chi connectivity index (χ3v) is 7.97. The Bertz CT molecular complexity index is 1340. The number of phenolic OH excluding ortho intramolecular Hbond substituents is 1. The molecule has 8 heteroatoms. The lowest BCUT2D eigenvalue weighted by atomic mass is 9.97. The number of carbonyl (C=O) groups is 2. The third kappa shape index (κ3) is 10.7. The van der Waals surface area contributed by atoms with E-state index in [1.165, 1.54) is 13.2 Å². The highest BCUT2D eigenvalue weighted by atomic mass is 16.5. The van der Waals surface area contributed by atoms with E-state index >= 15 is 0 Å². The number of hydrogen-bond acceptors (Lipinski definition) is 6. The molecule has 0 radical (unpaired) electrons. The second-order valence-corrected chi connectivity index (χ2v) is 13.0. The first-order valence-electron chi connectivity index (χ1n) is 16.3. The fourth-order valence-corrected chi connectivity index (χ4v) is 5.25. The van der Waals surface area contributed by atoms with E-state index in [-0.39, 0.29) is 28.8 Å². The van der Waals surface area contributed by atoms with Gasteiger partial charge < -0.3 is 28.7 Å². The van der Waals surface area contributed by atoms with Crippen molar-refractivity contribution >= 4 is 23.8 Å². The largest absolute Gasteiger partial charge is 0.506 e. The Labute approximate surface area is 269 Å². The number of rotatable bonds is 18. The van der Waals surface area contributed by atoms with Crippen LogP contribution in [0.1, 0.15) is 87.7 Å². The highest BCUT2D eigenvalue weighted by Gasteiger charge is 2.28. The zero-order valence-corrected chi connectivity index (χ0v) is 28.4. The van der Waals surface area contributed by atoms with E-state index in [1.54, 1.807) is 18.2 Å². The molecule has 45 heavy (non-hydrogen) atoms. The second-order valence-electron chi connectivity index (χ2n) is 13.0. The fraction of sp³-hybridized carbons (Fsp3) is 0.514. The van der Waals surface area contributed by atoms with Crippen LogP contribution < -0.4 is 14.2 Å². The van der Waals surface area contributed by atoms with Crippen LogP contribution in [0.25, 0.3) is 12.2 Å². The van der Waals surface area contributed by atoms with Crippen molar-refractivity contribution in [1.29, 1.82) is 0 Å². The smallest absolute Gasteiger partial charge is 0.277 e.